The predicted octanol–water partition coefficient (Wildman–Crippen LogP) is 6.84. The third kappa shape index (κ3) is 4.26. The number of aromatic nitrogens is 3. The average Bonchev–Trinajstić information content (AvgIpc) is 3.38. The van der Waals surface area contributed by atoms with Gasteiger partial charge < -0.3 is 9.26 Å². The summed E-state index contributed by atoms with van der Waals surface area (Å²) in [5.74, 6) is -2.53. The molecule has 6 nitrogen and oxygen atoms in total. The molecule has 0 atom stereocenters. The molecule has 4 aromatic rings. The lowest BCUT2D eigenvalue weighted by Gasteiger charge is -2.12. The molecule has 0 N–H and O–H groups in total. The van der Waals surface area contributed by atoms with E-state index in [0.717, 1.165) is 12.3 Å². The van der Waals surface area contributed by atoms with Crippen LogP contribution >= 0.6 is 23.2 Å². The number of carbonyl (C=O) groups is 1. The number of ether oxygens (including phenoxy) is 1. The maximum atomic E-state index is 14.6. The van der Waals surface area contributed by atoms with Gasteiger partial charge in [0.05, 0.1) is 34.6 Å². The third-order valence-electron chi connectivity index (χ3n) is 4.71. The fourth-order valence-electron chi connectivity index (χ4n) is 3.35. The normalized spacial score (nSPS) is 11.6. The van der Waals surface area contributed by atoms with Gasteiger partial charge in [0, 0.05) is 5.02 Å². The van der Waals surface area contributed by atoms with Crippen molar-refractivity contribution in [3.8, 4) is 28.3 Å². The first-order chi connectivity index (χ1) is 16.1. The number of esters is 1. The molecule has 0 amide bonds. The molecule has 0 spiro atoms. The standard InChI is InChI=1S/C22H13Cl2F4N3O3/c1-2-33-21(32)17-18(16-14(24)7-4-8-15(16)25)30-34-19(17)13-10-29-31(20(13)22(26,27)28)12-6-3-5-11(23)9-12/h3-10H,2H2,1H3. The molecule has 0 fully saturated rings. The molecule has 2 heterocycles. The summed E-state index contributed by atoms with van der Waals surface area (Å²) in [6, 6.07) is 9.31. The highest BCUT2D eigenvalue weighted by atomic mass is 35.5. The van der Waals surface area contributed by atoms with Crippen LogP contribution in [0.3, 0.4) is 0 Å². The zero-order valence-corrected chi connectivity index (χ0v) is 18.7. The van der Waals surface area contributed by atoms with Gasteiger partial charge in [-0.15, -0.1) is 0 Å². The first kappa shape index (κ1) is 23.8. The molecular weight excluding hydrogens is 501 g/mol. The molecule has 0 bridgehead atoms. The zero-order chi connectivity index (χ0) is 24.6. The Morgan fingerprint density at radius 2 is 1.91 bits per heavy atom. The minimum absolute atomic E-state index is 0.0145. The lowest BCUT2D eigenvalue weighted by Crippen LogP contribution is -2.15. The van der Waals surface area contributed by atoms with E-state index in [1.807, 2.05) is 0 Å². The second kappa shape index (κ2) is 9.11. The summed E-state index contributed by atoms with van der Waals surface area (Å²) in [4.78, 5) is 12.8. The molecule has 0 radical (unpaired) electrons. The number of nitrogens with zero attached hydrogens (tertiary/aromatic N) is 3. The van der Waals surface area contributed by atoms with Gasteiger partial charge in [0.15, 0.2) is 11.5 Å². The maximum Gasteiger partial charge on any atom is 0.434 e. The van der Waals surface area contributed by atoms with E-state index in [9.17, 15) is 22.4 Å². The molecule has 0 aliphatic rings. The van der Waals surface area contributed by atoms with E-state index in [2.05, 4.69) is 10.3 Å². The molecule has 0 aliphatic heterocycles. The monoisotopic (exact) mass is 513 g/mol. The fraction of sp³-hybridized carbons (Fsp3) is 0.136. The Morgan fingerprint density at radius 3 is 2.56 bits per heavy atom. The SMILES string of the molecule is CCOC(=O)c1c(-c2c(F)cccc2Cl)noc1-c1cnn(-c2cccc(Cl)c2)c1C(F)(F)F. The van der Waals surface area contributed by atoms with Crippen molar-refractivity contribution in [2.45, 2.75) is 13.1 Å². The maximum absolute atomic E-state index is 14.6. The summed E-state index contributed by atoms with van der Waals surface area (Å²) in [6.07, 6.45) is -4.08. The quantitative estimate of drug-likeness (QED) is 0.216. The third-order valence-corrected chi connectivity index (χ3v) is 5.26. The number of hydrogen-bond donors (Lipinski definition) is 0. The van der Waals surface area contributed by atoms with Crippen LogP contribution in [0.2, 0.25) is 10.0 Å². The fourth-order valence-corrected chi connectivity index (χ4v) is 3.79. The first-order valence-corrected chi connectivity index (χ1v) is 10.4. The van der Waals surface area contributed by atoms with Crippen molar-refractivity contribution in [1.82, 2.24) is 14.9 Å². The van der Waals surface area contributed by atoms with Crippen molar-refractivity contribution in [1.29, 1.82) is 0 Å². The Balaban J connectivity index is 2.01. The Hall–Kier alpha value is -3.37. The first-order valence-electron chi connectivity index (χ1n) is 9.66. The van der Waals surface area contributed by atoms with Crippen molar-refractivity contribution in [2.75, 3.05) is 6.61 Å². The molecule has 2 aromatic heterocycles. The molecule has 0 unspecified atom stereocenters. The summed E-state index contributed by atoms with van der Waals surface area (Å²) < 4.78 is 67.9. The van der Waals surface area contributed by atoms with Crippen LogP contribution in [0, 0.1) is 5.82 Å². The number of benzene rings is 2. The van der Waals surface area contributed by atoms with Crippen LogP contribution in [0.4, 0.5) is 17.6 Å². The van der Waals surface area contributed by atoms with Crippen molar-refractivity contribution < 1.29 is 31.6 Å². The molecule has 34 heavy (non-hydrogen) atoms. The van der Waals surface area contributed by atoms with Crippen LogP contribution in [0.5, 0.6) is 0 Å². The van der Waals surface area contributed by atoms with E-state index in [1.165, 1.54) is 43.3 Å². The van der Waals surface area contributed by atoms with Crippen LogP contribution in [-0.2, 0) is 10.9 Å². The average molecular weight is 514 g/mol. The number of rotatable bonds is 5. The van der Waals surface area contributed by atoms with Crippen LogP contribution in [0.1, 0.15) is 23.0 Å². The molecule has 12 heteroatoms. The molecule has 176 valence electrons. The minimum Gasteiger partial charge on any atom is -0.462 e. The molecule has 2 aromatic carbocycles. The lowest BCUT2D eigenvalue weighted by atomic mass is 10.0. The van der Waals surface area contributed by atoms with Gasteiger partial charge in [-0.1, -0.05) is 40.5 Å². The summed E-state index contributed by atoms with van der Waals surface area (Å²) in [5.41, 5.74) is -3.10. The highest BCUT2D eigenvalue weighted by molar-refractivity contribution is 6.33. The van der Waals surface area contributed by atoms with Gasteiger partial charge in [-0.25, -0.2) is 13.9 Å². The molecule has 4 rings (SSSR count). The van der Waals surface area contributed by atoms with Gasteiger partial charge in [-0.05, 0) is 37.3 Å². The van der Waals surface area contributed by atoms with Gasteiger partial charge in [0.1, 0.15) is 17.1 Å². The summed E-state index contributed by atoms with van der Waals surface area (Å²) in [5, 5.41) is 7.57. The van der Waals surface area contributed by atoms with Crippen molar-refractivity contribution in [2.24, 2.45) is 0 Å². The van der Waals surface area contributed by atoms with E-state index >= 15 is 0 Å². The van der Waals surface area contributed by atoms with Crippen molar-refractivity contribution >= 4 is 29.2 Å². The number of hydrogen-bond acceptors (Lipinski definition) is 5. The molecule has 0 saturated carbocycles. The lowest BCUT2D eigenvalue weighted by molar-refractivity contribution is -0.142. The molecule has 0 saturated heterocycles. The van der Waals surface area contributed by atoms with Crippen LogP contribution < -0.4 is 0 Å². The number of carbonyl (C=O) groups excluding carboxylic acids is 1. The topological polar surface area (TPSA) is 70.2 Å². The second-order valence-electron chi connectivity index (χ2n) is 6.85. The van der Waals surface area contributed by atoms with Crippen LogP contribution in [0.15, 0.2) is 53.2 Å². The Morgan fingerprint density at radius 1 is 1.18 bits per heavy atom. The molecular formula is C22H13Cl2F4N3O3. The predicted molar refractivity (Wildman–Crippen MR) is 115 cm³/mol. The zero-order valence-electron chi connectivity index (χ0n) is 17.2. The second-order valence-corrected chi connectivity index (χ2v) is 7.69. The highest BCUT2D eigenvalue weighted by Gasteiger charge is 2.42. The Bertz CT molecular complexity index is 1360. The highest BCUT2D eigenvalue weighted by Crippen LogP contribution is 2.43. The van der Waals surface area contributed by atoms with Gasteiger partial charge in [0.25, 0.3) is 0 Å². The molecule has 0 aliphatic carbocycles. The smallest absolute Gasteiger partial charge is 0.434 e. The largest absolute Gasteiger partial charge is 0.462 e. The van der Waals surface area contributed by atoms with Crippen molar-refractivity contribution in [3.05, 3.63) is 75.8 Å². The van der Waals surface area contributed by atoms with Gasteiger partial charge in [-0.2, -0.15) is 18.3 Å². The van der Waals surface area contributed by atoms with Gasteiger partial charge >= 0.3 is 12.1 Å². The van der Waals surface area contributed by atoms with E-state index in [1.54, 1.807) is 0 Å². The van der Waals surface area contributed by atoms with Gasteiger partial charge in [-0.3, -0.25) is 0 Å². The van der Waals surface area contributed by atoms with Crippen molar-refractivity contribution in [3.63, 3.8) is 0 Å². The van der Waals surface area contributed by atoms with E-state index in [4.69, 9.17) is 32.5 Å². The Labute approximate surface area is 199 Å². The summed E-state index contributed by atoms with van der Waals surface area (Å²) in [7, 11) is 0. The number of halogens is 6. The minimum atomic E-state index is -4.94. The van der Waals surface area contributed by atoms with Crippen LogP contribution in [-0.4, -0.2) is 27.5 Å². The summed E-state index contributed by atoms with van der Waals surface area (Å²) >= 11 is 12.0. The van der Waals surface area contributed by atoms with Gasteiger partial charge in [0.2, 0.25) is 0 Å². The van der Waals surface area contributed by atoms with E-state index in [0.29, 0.717) is 4.68 Å². The summed E-state index contributed by atoms with van der Waals surface area (Å²) in [6.45, 7) is 1.39. The van der Waals surface area contributed by atoms with E-state index in [-0.39, 0.29) is 27.9 Å². The van der Waals surface area contributed by atoms with E-state index < -0.39 is 46.2 Å². The Kier molecular flexibility index (Phi) is 6.37. The number of alkyl halides is 3. The van der Waals surface area contributed by atoms with Crippen LogP contribution in [0.25, 0.3) is 28.3 Å².